The summed E-state index contributed by atoms with van der Waals surface area (Å²) < 4.78 is 5.37. The van der Waals surface area contributed by atoms with Crippen molar-refractivity contribution in [1.29, 1.82) is 0 Å². The van der Waals surface area contributed by atoms with E-state index in [0.29, 0.717) is 12.0 Å². The third-order valence-electron chi connectivity index (χ3n) is 2.84. The van der Waals surface area contributed by atoms with Crippen LogP contribution in [0.4, 0.5) is 0 Å². The molecule has 0 spiro atoms. The minimum absolute atomic E-state index is 0.380. The van der Waals surface area contributed by atoms with E-state index in [-0.39, 0.29) is 0 Å². The Bertz CT molecular complexity index is 278. The number of ether oxygens (including phenoxy) is 1. The third kappa shape index (κ3) is 2.07. The van der Waals surface area contributed by atoms with Gasteiger partial charge in [0.15, 0.2) is 0 Å². The average Bonchev–Trinajstić information content (AvgIpc) is 2.30. The van der Waals surface area contributed by atoms with Gasteiger partial charge in [0.25, 0.3) is 0 Å². The van der Waals surface area contributed by atoms with Crippen molar-refractivity contribution in [2.75, 3.05) is 7.11 Å². The molecule has 0 amide bonds. The van der Waals surface area contributed by atoms with Gasteiger partial charge in [-0.15, -0.1) is 0 Å². The van der Waals surface area contributed by atoms with E-state index >= 15 is 0 Å². The van der Waals surface area contributed by atoms with Crippen LogP contribution in [0.15, 0.2) is 12.7 Å². The van der Waals surface area contributed by atoms with Crippen LogP contribution in [0.2, 0.25) is 0 Å². The van der Waals surface area contributed by atoms with Gasteiger partial charge in [0.05, 0.1) is 6.10 Å². The van der Waals surface area contributed by atoms with E-state index in [9.17, 15) is 0 Å². The van der Waals surface area contributed by atoms with Gasteiger partial charge in [-0.25, -0.2) is 15.0 Å². The van der Waals surface area contributed by atoms with Gasteiger partial charge in [-0.1, -0.05) is 6.42 Å². The maximum atomic E-state index is 5.37. The third-order valence-corrected chi connectivity index (χ3v) is 2.84. The summed E-state index contributed by atoms with van der Waals surface area (Å²) in [5.41, 5.74) is 0. The Morgan fingerprint density at radius 3 is 2.79 bits per heavy atom. The van der Waals surface area contributed by atoms with Crippen LogP contribution in [0, 0.1) is 0 Å². The Morgan fingerprint density at radius 1 is 1.29 bits per heavy atom. The van der Waals surface area contributed by atoms with Crippen LogP contribution in [0.25, 0.3) is 0 Å². The topological polar surface area (TPSA) is 47.9 Å². The van der Waals surface area contributed by atoms with Crippen LogP contribution in [-0.4, -0.2) is 28.2 Å². The minimum Gasteiger partial charge on any atom is -0.381 e. The van der Waals surface area contributed by atoms with Crippen LogP contribution in [-0.2, 0) is 4.74 Å². The molecule has 0 N–H and O–H groups in total. The van der Waals surface area contributed by atoms with Gasteiger partial charge in [-0.05, 0) is 19.3 Å². The highest BCUT2D eigenvalue weighted by Gasteiger charge is 2.24. The van der Waals surface area contributed by atoms with Gasteiger partial charge in [0, 0.05) is 13.0 Å². The Hall–Kier alpha value is -1.03. The van der Waals surface area contributed by atoms with Crippen molar-refractivity contribution >= 4 is 0 Å². The number of methoxy groups -OCH3 is 1. The van der Waals surface area contributed by atoms with Crippen molar-refractivity contribution in [2.24, 2.45) is 0 Å². The van der Waals surface area contributed by atoms with Crippen LogP contribution in [0.1, 0.15) is 37.4 Å². The number of hydrogen-bond acceptors (Lipinski definition) is 4. The van der Waals surface area contributed by atoms with E-state index in [1.165, 1.54) is 12.8 Å². The van der Waals surface area contributed by atoms with Gasteiger partial charge >= 0.3 is 0 Å². The molecule has 1 aliphatic carbocycles. The first-order valence-corrected chi connectivity index (χ1v) is 5.05. The molecule has 2 atom stereocenters. The van der Waals surface area contributed by atoms with Crippen molar-refractivity contribution in [2.45, 2.75) is 37.7 Å². The fourth-order valence-corrected chi connectivity index (χ4v) is 2.05. The molecule has 1 aromatic heterocycles. The maximum Gasteiger partial charge on any atom is 0.135 e. The lowest BCUT2D eigenvalue weighted by Crippen LogP contribution is -2.21. The van der Waals surface area contributed by atoms with E-state index in [1.54, 1.807) is 19.8 Å². The average molecular weight is 193 g/mol. The lowest BCUT2D eigenvalue weighted by molar-refractivity contribution is 0.0624. The highest BCUT2D eigenvalue weighted by molar-refractivity contribution is 4.96. The quantitative estimate of drug-likeness (QED) is 0.715. The van der Waals surface area contributed by atoms with Gasteiger partial charge in [-0.2, -0.15) is 0 Å². The Labute approximate surface area is 83.8 Å². The molecule has 4 heteroatoms. The molecule has 0 saturated heterocycles. The summed E-state index contributed by atoms with van der Waals surface area (Å²) >= 11 is 0. The predicted octanol–water partition coefficient (Wildman–Crippen LogP) is 1.54. The Morgan fingerprint density at radius 2 is 2.07 bits per heavy atom. The number of aromatic nitrogens is 3. The maximum absolute atomic E-state index is 5.37. The van der Waals surface area contributed by atoms with Gasteiger partial charge in [-0.3, -0.25) is 0 Å². The first-order chi connectivity index (χ1) is 6.90. The predicted molar refractivity (Wildman–Crippen MR) is 51.8 cm³/mol. The molecule has 0 bridgehead atoms. The second kappa shape index (κ2) is 4.46. The van der Waals surface area contributed by atoms with Gasteiger partial charge in [0.1, 0.15) is 18.5 Å². The van der Waals surface area contributed by atoms with Crippen molar-refractivity contribution in [1.82, 2.24) is 15.0 Å². The zero-order chi connectivity index (χ0) is 9.80. The highest BCUT2D eigenvalue weighted by Crippen LogP contribution is 2.31. The summed E-state index contributed by atoms with van der Waals surface area (Å²) in [7, 11) is 1.78. The molecule has 2 unspecified atom stereocenters. The smallest absolute Gasteiger partial charge is 0.135 e. The zero-order valence-corrected chi connectivity index (χ0v) is 8.39. The molecular weight excluding hydrogens is 178 g/mol. The van der Waals surface area contributed by atoms with Crippen molar-refractivity contribution in [3.8, 4) is 0 Å². The molecule has 0 radical (unpaired) electrons. The standard InChI is InChI=1S/C10H15N3O/c1-14-9-4-2-3-8(5-9)10-12-6-11-7-13-10/h6-9H,2-5H2,1H3. The molecule has 1 fully saturated rings. The first kappa shape index (κ1) is 9.52. The Kier molecular flexibility index (Phi) is 3.03. The molecule has 0 aromatic carbocycles. The molecule has 1 aliphatic rings. The van der Waals surface area contributed by atoms with Crippen LogP contribution < -0.4 is 0 Å². The second-order valence-corrected chi connectivity index (χ2v) is 3.72. The number of rotatable bonds is 2. The van der Waals surface area contributed by atoms with Crippen molar-refractivity contribution in [3.63, 3.8) is 0 Å². The summed E-state index contributed by atoms with van der Waals surface area (Å²) in [4.78, 5) is 12.2. The lowest BCUT2D eigenvalue weighted by Gasteiger charge is -2.26. The Balaban J connectivity index is 2.04. The highest BCUT2D eigenvalue weighted by atomic mass is 16.5. The van der Waals surface area contributed by atoms with E-state index in [0.717, 1.165) is 18.7 Å². The molecular formula is C10H15N3O. The number of nitrogens with zero attached hydrogens (tertiary/aromatic N) is 3. The van der Waals surface area contributed by atoms with E-state index in [2.05, 4.69) is 15.0 Å². The summed E-state index contributed by atoms with van der Waals surface area (Å²) in [5, 5.41) is 0. The van der Waals surface area contributed by atoms with Crippen LogP contribution >= 0.6 is 0 Å². The molecule has 1 aromatic rings. The summed E-state index contributed by atoms with van der Waals surface area (Å²) in [5.74, 6) is 1.37. The van der Waals surface area contributed by atoms with E-state index < -0.39 is 0 Å². The van der Waals surface area contributed by atoms with Gasteiger partial charge < -0.3 is 4.74 Å². The van der Waals surface area contributed by atoms with Gasteiger partial charge in [0.2, 0.25) is 0 Å². The number of hydrogen-bond donors (Lipinski definition) is 0. The first-order valence-electron chi connectivity index (χ1n) is 5.05. The molecule has 4 nitrogen and oxygen atoms in total. The molecule has 14 heavy (non-hydrogen) atoms. The molecule has 1 heterocycles. The molecule has 76 valence electrons. The van der Waals surface area contributed by atoms with E-state index in [4.69, 9.17) is 4.74 Å². The largest absolute Gasteiger partial charge is 0.381 e. The zero-order valence-electron chi connectivity index (χ0n) is 8.39. The van der Waals surface area contributed by atoms with Crippen molar-refractivity contribution < 1.29 is 4.74 Å². The second-order valence-electron chi connectivity index (χ2n) is 3.72. The fourth-order valence-electron chi connectivity index (χ4n) is 2.05. The lowest BCUT2D eigenvalue weighted by atomic mass is 9.86. The SMILES string of the molecule is COC1CCCC(c2ncncn2)C1. The van der Waals surface area contributed by atoms with E-state index in [1.807, 2.05) is 0 Å². The summed E-state index contributed by atoms with van der Waals surface area (Å²) in [6, 6.07) is 0. The monoisotopic (exact) mass is 193 g/mol. The van der Waals surface area contributed by atoms with Crippen LogP contribution in [0.5, 0.6) is 0 Å². The van der Waals surface area contributed by atoms with Crippen LogP contribution in [0.3, 0.4) is 0 Å². The molecule has 1 saturated carbocycles. The molecule has 2 rings (SSSR count). The molecule has 0 aliphatic heterocycles. The fraction of sp³-hybridized carbons (Fsp3) is 0.700. The summed E-state index contributed by atoms with van der Waals surface area (Å²) in [6.07, 6.45) is 8.10. The normalized spacial score (nSPS) is 27.5. The van der Waals surface area contributed by atoms with Crippen molar-refractivity contribution in [3.05, 3.63) is 18.5 Å². The minimum atomic E-state index is 0.380. The summed E-state index contributed by atoms with van der Waals surface area (Å²) in [6.45, 7) is 0.